The number of nitro benzene ring substituents is 1. The Kier molecular flexibility index (Phi) is 8.01. The minimum absolute atomic E-state index is 0.0778. The molecule has 1 amide bonds. The van der Waals surface area contributed by atoms with Crippen LogP contribution in [0.3, 0.4) is 0 Å². The van der Waals surface area contributed by atoms with Crippen LogP contribution in [-0.2, 0) is 14.3 Å². The largest absolute Gasteiger partial charge is 0.507 e. The van der Waals surface area contributed by atoms with Crippen LogP contribution in [0.1, 0.15) is 42.5 Å². The van der Waals surface area contributed by atoms with E-state index in [1.807, 2.05) is 6.92 Å². The van der Waals surface area contributed by atoms with E-state index in [4.69, 9.17) is 9.47 Å². The predicted molar refractivity (Wildman–Crippen MR) is 126 cm³/mol. The number of non-ortho nitro benzene ring substituents is 1. The van der Waals surface area contributed by atoms with Crippen molar-refractivity contribution in [3.8, 4) is 5.75 Å². The van der Waals surface area contributed by atoms with Crippen LogP contribution in [0.5, 0.6) is 5.75 Å². The number of aliphatic hydroxyl groups excluding tert-OH is 1. The second kappa shape index (κ2) is 10.9. The molecule has 34 heavy (non-hydrogen) atoms. The van der Waals surface area contributed by atoms with E-state index in [9.17, 15) is 24.8 Å². The smallest absolute Gasteiger partial charge is 0.295 e. The number of rotatable bonds is 10. The first-order valence-corrected chi connectivity index (χ1v) is 11.1. The lowest BCUT2D eigenvalue weighted by atomic mass is 9.94. The maximum Gasteiger partial charge on any atom is 0.295 e. The van der Waals surface area contributed by atoms with Gasteiger partial charge in [0.05, 0.1) is 29.8 Å². The Bertz CT molecular complexity index is 1130. The van der Waals surface area contributed by atoms with Gasteiger partial charge in [0.2, 0.25) is 0 Å². The summed E-state index contributed by atoms with van der Waals surface area (Å²) in [7, 11) is 1.46. The number of carbonyl (C=O) groups is 2. The number of hydrogen-bond acceptors (Lipinski definition) is 7. The molecule has 0 bridgehead atoms. The highest BCUT2D eigenvalue weighted by Gasteiger charge is 2.46. The Morgan fingerprint density at radius 3 is 2.59 bits per heavy atom. The summed E-state index contributed by atoms with van der Waals surface area (Å²) < 4.78 is 10.8. The Morgan fingerprint density at radius 1 is 1.18 bits per heavy atom. The van der Waals surface area contributed by atoms with Crippen molar-refractivity contribution in [2.75, 3.05) is 26.9 Å². The topological polar surface area (TPSA) is 119 Å². The molecule has 180 valence electrons. The van der Waals surface area contributed by atoms with Gasteiger partial charge in [0.1, 0.15) is 11.5 Å². The van der Waals surface area contributed by atoms with E-state index >= 15 is 0 Å². The molecular formula is C25H28N2O7. The van der Waals surface area contributed by atoms with Crippen molar-refractivity contribution in [3.05, 3.63) is 74.8 Å². The van der Waals surface area contributed by atoms with Gasteiger partial charge in [-0.05, 0) is 42.7 Å². The molecular weight excluding hydrogens is 440 g/mol. The molecule has 0 radical (unpaired) electrons. The summed E-state index contributed by atoms with van der Waals surface area (Å²) in [5.74, 6) is -1.34. The van der Waals surface area contributed by atoms with Gasteiger partial charge in [0.15, 0.2) is 0 Å². The van der Waals surface area contributed by atoms with Gasteiger partial charge in [-0.3, -0.25) is 19.7 Å². The summed E-state index contributed by atoms with van der Waals surface area (Å²) in [5, 5.41) is 22.5. The van der Waals surface area contributed by atoms with Crippen molar-refractivity contribution in [3.63, 3.8) is 0 Å². The maximum atomic E-state index is 13.0. The lowest BCUT2D eigenvalue weighted by Crippen LogP contribution is -2.32. The third kappa shape index (κ3) is 5.09. The van der Waals surface area contributed by atoms with Gasteiger partial charge in [-0.15, -0.1) is 0 Å². The first-order chi connectivity index (χ1) is 16.3. The number of likely N-dealkylation sites (tertiary alicyclic amines) is 1. The molecule has 1 N–H and O–H groups in total. The standard InChI is InChI=1S/C25H28N2O7/c1-4-5-12-34-20-10-9-18(14-16(20)2)23(28)21-22(17-7-6-8-19(15-17)27(31)32)26(11-13-33-3)25(30)24(21)29/h6-10,14-15,22,28H,4-5,11-13H2,1-3H3/t22-/m0/s1. The van der Waals surface area contributed by atoms with Crippen LogP contribution in [0.15, 0.2) is 48.0 Å². The van der Waals surface area contributed by atoms with Crippen molar-refractivity contribution in [2.24, 2.45) is 0 Å². The van der Waals surface area contributed by atoms with Gasteiger partial charge >= 0.3 is 0 Å². The van der Waals surface area contributed by atoms with Crippen molar-refractivity contribution in [1.29, 1.82) is 0 Å². The summed E-state index contributed by atoms with van der Waals surface area (Å²) >= 11 is 0. The van der Waals surface area contributed by atoms with Crippen LogP contribution in [-0.4, -0.2) is 53.5 Å². The number of methoxy groups -OCH3 is 1. The molecule has 2 aromatic carbocycles. The van der Waals surface area contributed by atoms with Crippen molar-refractivity contribution in [2.45, 2.75) is 32.7 Å². The van der Waals surface area contributed by atoms with Crippen LogP contribution in [0.4, 0.5) is 5.69 Å². The molecule has 0 spiro atoms. The minimum atomic E-state index is -0.990. The second-order valence-corrected chi connectivity index (χ2v) is 8.02. The van der Waals surface area contributed by atoms with E-state index in [1.54, 1.807) is 24.3 Å². The number of amides is 1. The molecule has 0 unspecified atom stereocenters. The Hall–Kier alpha value is -3.72. The van der Waals surface area contributed by atoms with Gasteiger partial charge in [-0.1, -0.05) is 25.5 Å². The molecule has 0 saturated carbocycles. The highest BCUT2D eigenvalue weighted by Crippen LogP contribution is 2.40. The molecule has 9 heteroatoms. The van der Waals surface area contributed by atoms with E-state index in [0.29, 0.717) is 23.5 Å². The third-order valence-electron chi connectivity index (χ3n) is 5.68. The number of unbranched alkanes of at least 4 members (excludes halogenated alkanes) is 1. The number of benzene rings is 2. The molecule has 1 heterocycles. The number of aryl methyl sites for hydroxylation is 1. The zero-order valence-electron chi connectivity index (χ0n) is 19.4. The number of carbonyl (C=O) groups excluding carboxylic acids is 2. The summed E-state index contributed by atoms with van der Waals surface area (Å²) in [6.45, 7) is 4.69. The van der Waals surface area contributed by atoms with E-state index < -0.39 is 22.7 Å². The van der Waals surface area contributed by atoms with Crippen LogP contribution >= 0.6 is 0 Å². The number of nitrogens with zero attached hydrogens (tertiary/aromatic N) is 2. The van der Waals surface area contributed by atoms with Gasteiger partial charge < -0.3 is 19.5 Å². The molecule has 2 aromatic rings. The van der Waals surface area contributed by atoms with Crippen molar-refractivity contribution < 1.29 is 29.1 Å². The van der Waals surface area contributed by atoms with E-state index in [-0.39, 0.29) is 30.2 Å². The molecule has 1 fully saturated rings. The number of ketones is 1. The summed E-state index contributed by atoms with van der Waals surface area (Å²) in [4.78, 5) is 37.9. The molecule has 3 rings (SSSR count). The first kappa shape index (κ1) is 24.9. The van der Waals surface area contributed by atoms with Crippen molar-refractivity contribution in [1.82, 2.24) is 4.90 Å². The Morgan fingerprint density at radius 2 is 1.94 bits per heavy atom. The number of nitro groups is 1. The number of Topliss-reactive ketones (excluding diaryl/α,β-unsaturated/α-hetero) is 1. The van der Waals surface area contributed by atoms with E-state index in [0.717, 1.165) is 18.4 Å². The SMILES string of the molecule is CCCCOc1ccc(C(O)=C2C(=O)C(=O)N(CCOC)[C@H]2c2cccc([N+](=O)[O-])c2)cc1C. The van der Waals surface area contributed by atoms with Gasteiger partial charge in [-0.2, -0.15) is 0 Å². The summed E-state index contributed by atoms with van der Waals surface area (Å²) in [6.07, 6.45) is 1.91. The van der Waals surface area contributed by atoms with E-state index in [2.05, 4.69) is 6.92 Å². The van der Waals surface area contributed by atoms with Crippen molar-refractivity contribution >= 4 is 23.1 Å². The number of ether oxygens (including phenoxy) is 2. The third-order valence-corrected chi connectivity index (χ3v) is 5.68. The summed E-state index contributed by atoms with van der Waals surface area (Å²) in [5.41, 5.74) is 1.16. The van der Waals surface area contributed by atoms with Gasteiger partial charge in [0.25, 0.3) is 17.4 Å². The number of hydrogen-bond donors (Lipinski definition) is 1. The molecule has 1 saturated heterocycles. The lowest BCUT2D eigenvalue weighted by Gasteiger charge is -2.25. The van der Waals surface area contributed by atoms with Crippen LogP contribution in [0, 0.1) is 17.0 Å². The number of aliphatic hydroxyl groups is 1. The van der Waals surface area contributed by atoms with Crippen LogP contribution in [0.25, 0.3) is 5.76 Å². The zero-order chi connectivity index (χ0) is 24.8. The second-order valence-electron chi connectivity index (χ2n) is 8.02. The minimum Gasteiger partial charge on any atom is -0.507 e. The van der Waals surface area contributed by atoms with Crippen LogP contribution in [0.2, 0.25) is 0 Å². The highest BCUT2D eigenvalue weighted by atomic mass is 16.6. The molecule has 1 atom stereocenters. The molecule has 9 nitrogen and oxygen atoms in total. The molecule has 0 aliphatic carbocycles. The van der Waals surface area contributed by atoms with Gasteiger partial charge in [0, 0.05) is 31.4 Å². The molecule has 1 aliphatic heterocycles. The van der Waals surface area contributed by atoms with Crippen LogP contribution < -0.4 is 4.74 Å². The first-order valence-electron chi connectivity index (χ1n) is 11.1. The fraction of sp³-hybridized carbons (Fsp3) is 0.360. The fourth-order valence-electron chi connectivity index (χ4n) is 3.90. The maximum absolute atomic E-state index is 13.0. The average Bonchev–Trinajstić information content (AvgIpc) is 3.08. The normalized spacial score (nSPS) is 17.3. The van der Waals surface area contributed by atoms with Gasteiger partial charge in [-0.25, -0.2) is 0 Å². The molecule has 1 aliphatic rings. The highest BCUT2D eigenvalue weighted by molar-refractivity contribution is 6.46. The monoisotopic (exact) mass is 468 g/mol. The quantitative estimate of drug-likeness (QED) is 0.139. The van der Waals surface area contributed by atoms with E-state index in [1.165, 1.54) is 30.2 Å². The summed E-state index contributed by atoms with van der Waals surface area (Å²) in [6, 6.07) is 9.73. The Balaban J connectivity index is 2.09. The zero-order valence-corrected chi connectivity index (χ0v) is 19.4. The average molecular weight is 469 g/mol. The predicted octanol–water partition coefficient (Wildman–Crippen LogP) is 4.15. The Labute approximate surface area is 197 Å². The molecule has 0 aromatic heterocycles. The lowest BCUT2D eigenvalue weighted by molar-refractivity contribution is -0.384. The fourth-order valence-corrected chi connectivity index (χ4v) is 3.90.